The van der Waals surface area contributed by atoms with Crippen LogP contribution >= 0.6 is 0 Å². The van der Waals surface area contributed by atoms with Gasteiger partial charge in [0, 0.05) is 25.2 Å². The summed E-state index contributed by atoms with van der Waals surface area (Å²) >= 11 is 0. The van der Waals surface area contributed by atoms with Crippen molar-refractivity contribution in [3.05, 3.63) is 49.1 Å². The molecule has 1 heterocycles. The van der Waals surface area contributed by atoms with Crippen molar-refractivity contribution in [3.63, 3.8) is 0 Å². The fourth-order valence-electron chi connectivity index (χ4n) is 1.01. The molecule has 0 spiro atoms. The van der Waals surface area contributed by atoms with E-state index in [1.807, 2.05) is 12.2 Å². The predicted molar refractivity (Wildman–Crippen MR) is 49.8 cm³/mol. The molecule has 12 heavy (non-hydrogen) atoms. The summed E-state index contributed by atoms with van der Waals surface area (Å²) in [6, 6.07) is 0. The van der Waals surface area contributed by atoms with E-state index < -0.39 is 0 Å². The minimum Gasteiger partial charge on any atom is -0.257 e. The molecule has 0 saturated carbocycles. The van der Waals surface area contributed by atoms with Crippen molar-refractivity contribution < 1.29 is 0 Å². The summed E-state index contributed by atoms with van der Waals surface area (Å²) in [6.45, 7) is 7.33. The van der Waals surface area contributed by atoms with Crippen molar-refractivity contribution in [1.29, 1.82) is 0 Å². The molecule has 0 atom stereocenters. The molecule has 0 fully saturated rings. The second-order valence-electron chi connectivity index (χ2n) is 2.44. The van der Waals surface area contributed by atoms with Crippen LogP contribution in [0.3, 0.4) is 0 Å². The van der Waals surface area contributed by atoms with E-state index >= 15 is 0 Å². The van der Waals surface area contributed by atoms with Gasteiger partial charge in [0.2, 0.25) is 0 Å². The minimum atomic E-state index is 0.775. The van der Waals surface area contributed by atoms with Crippen LogP contribution < -0.4 is 0 Å². The van der Waals surface area contributed by atoms with E-state index in [0.29, 0.717) is 0 Å². The second-order valence-corrected chi connectivity index (χ2v) is 2.44. The summed E-state index contributed by atoms with van der Waals surface area (Å²) in [4.78, 5) is 8.41. The smallest absolute Gasteiger partial charge is 0.0659 e. The topological polar surface area (TPSA) is 25.8 Å². The van der Waals surface area contributed by atoms with Crippen molar-refractivity contribution in [2.75, 3.05) is 0 Å². The predicted octanol–water partition coefficient (Wildman–Crippen LogP) is 1.93. The molecular weight excluding hydrogens is 148 g/mol. The van der Waals surface area contributed by atoms with E-state index in [1.165, 1.54) is 0 Å². The van der Waals surface area contributed by atoms with Gasteiger partial charge in [-0.3, -0.25) is 9.97 Å². The second kappa shape index (κ2) is 4.44. The number of nitrogens with zero attached hydrogens (tertiary/aromatic N) is 2. The van der Waals surface area contributed by atoms with Gasteiger partial charge in [-0.05, 0) is 0 Å². The first-order chi connectivity index (χ1) is 5.88. The van der Waals surface area contributed by atoms with Gasteiger partial charge in [-0.2, -0.15) is 0 Å². The third kappa shape index (κ3) is 2.02. The fraction of sp³-hybridized carbons (Fsp3) is 0.200. The monoisotopic (exact) mass is 160 g/mol. The van der Waals surface area contributed by atoms with Crippen LogP contribution in [0.25, 0.3) is 0 Å². The molecule has 0 N–H and O–H groups in total. The molecule has 2 nitrogen and oxygen atoms in total. The van der Waals surface area contributed by atoms with E-state index in [0.717, 1.165) is 24.2 Å². The number of hydrogen-bond donors (Lipinski definition) is 0. The summed E-state index contributed by atoms with van der Waals surface area (Å²) in [6.07, 6.45) is 8.61. The highest BCUT2D eigenvalue weighted by atomic mass is 14.8. The van der Waals surface area contributed by atoms with Gasteiger partial charge in [0.05, 0.1) is 11.4 Å². The minimum absolute atomic E-state index is 0.775. The third-order valence-corrected chi connectivity index (χ3v) is 1.54. The van der Waals surface area contributed by atoms with Crippen molar-refractivity contribution in [2.45, 2.75) is 12.8 Å². The van der Waals surface area contributed by atoms with Gasteiger partial charge in [-0.1, -0.05) is 12.2 Å². The van der Waals surface area contributed by atoms with Gasteiger partial charge < -0.3 is 0 Å². The van der Waals surface area contributed by atoms with Crippen LogP contribution in [0.5, 0.6) is 0 Å². The lowest BCUT2D eigenvalue weighted by atomic mass is 10.2. The van der Waals surface area contributed by atoms with E-state index in [1.54, 1.807) is 12.4 Å². The standard InChI is InChI=1S/C10H12N2/c1-3-5-9-10(6-4-2)12-8-7-11-9/h3-4,7-8H,1-2,5-6H2. The third-order valence-electron chi connectivity index (χ3n) is 1.54. The number of rotatable bonds is 4. The van der Waals surface area contributed by atoms with Crippen LogP contribution in [0, 0.1) is 0 Å². The van der Waals surface area contributed by atoms with Crippen LogP contribution in [0.15, 0.2) is 37.7 Å². The lowest BCUT2D eigenvalue weighted by molar-refractivity contribution is 0.965. The zero-order valence-corrected chi connectivity index (χ0v) is 7.03. The maximum atomic E-state index is 4.21. The molecule has 1 aromatic rings. The number of hydrogen-bond acceptors (Lipinski definition) is 2. The Hall–Kier alpha value is -1.44. The van der Waals surface area contributed by atoms with Gasteiger partial charge in [0.15, 0.2) is 0 Å². The molecule has 0 amide bonds. The summed E-state index contributed by atoms with van der Waals surface area (Å²) in [5.41, 5.74) is 1.99. The summed E-state index contributed by atoms with van der Waals surface area (Å²) < 4.78 is 0. The van der Waals surface area contributed by atoms with Gasteiger partial charge in [-0.25, -0.2) is 0 Å². The Labute approximate surface area is 72.7 Å². The van der Waals surface area contributed by atoms with Crippen LogP contribution in [0.1, 0.15) is 11.4 Å². The van der Waals surface area contributed by atoms with Crippen molar-refractivity contribution in [3.8, 4) is 0 Å². The van der Waals surface area contributed by atoms with Crippen LogP contribution in [-0.4, -0.2) is 9.97 Å². The molecule has 0 aliphatic rings. The van der Waals surface area contributed by atoms with Crippen molar-refractivity contribution in [1.82, 2.24) is 9.97 Å². The average molecular weight is 160 g/mol. The Morgan fingerprint density at radius 1 is 1.00 bits per heavy atom. The molecule has 0 unspecified atom stereocenters. The normalized spacial score (nSPS) is 9.33. The number of aromatic nitrogens is 2. The van der Waals surface area contributed by atoms with E-state index in [9.17, 15) is 0 Å². The maximum absolute atomic E-state index is 4.21. The fourth-order valence-corrected chi connectivity index (χ4v) is 1.01. The largest absolute Gasteiger partial charge is 0.257 e. The van der Waals surface area contributed by atoms with E-state index in [2.05, 4.69) is 23.1 Å². The molecule has 62 valence electrons. The van der Waals surface area contributed by atoms with Gasteiger partial charge in [0.25, 0.3) is 0 Å². The summed E-state index contributed by atoms with van der Waals surface area (Å²) in [7, 11) is 0. The lowest BCUT2D eigenvalue weighted by Gasteiger charge is -2.01. The Bertz CT molecular complexity index is 250. The highest BCUT2D eigenvalue weighted by Gasteiger charge is 1.99. The maximum Gasteiger partial charge on any atom is 0.0659 e. The first kappa shape index (κ1) is 8.65. The van der Waals surface area contributed by atoms with Gasteiger partial charge in [-0.15, -0.1) is 13.2 Å². The van der Waals surface area contributed by atoms with Crippen molar-refractivity contribution in [2.24, 2.45) is 0 Å². The van der Waals surface area contributed by atoms with Crippen LogP contribution in [0.4, 0.5) is 0 Å². The molecular formula is C10H12N2. The van der Waals surface area contributed by atoms with Gasteiger partial charge >= 0.3 is 0 Å². The molecule has 0 aliphatic heterocycles. The number of allylic oxidation sites excluding steroid dienone is 2. The highest BCUT2D eigenvalue weighted by molar-refractivity contribution is 5.15. The van der Waals surface area contributed by atoms with E-state index in [4.69, 9.17) is 0 Å². The lowest BCUT2D eigenvalue weighted by Crippen LogP contribution is -1.98. The van der Waals surface area contributed by atoms with Crippen LogP contribution in [-0.2, 0) is 12.8 Å². The van der Waals surface area contributed by atoms with Gasteiger partial charge in [0.1, 0.15) is 0 Å². The summed E-state index contributed by atoms with van der Waals surface area (Å²) in [5, 5.41) is 0. The first-order valence-corrected chi connectivity index (χ1v) is 3.89. The Morgan fingerprint density at radius 2 is 1.42 bits per heavy atom. The molecule has 1 rings (SSSR count). The Kier molecular flexibility index (Phi) is 3.20. The van der Waals surface area contributed by atoms with Crippen molar-refractivity contribution >= 4 is 0 Å². The molecule has 0 bridgehead atoms. The zero-order valence-electron chi connectivity index (χ0n) is 7.03. The molecule has 0 aliphatic carbocycles. The highest BCUT2D eigenvalue weighted by Crippen LogP contribution is 2.03. The molecule has 1 aromatic heterocycles. The molecule has 0 aromatic carbocycles. The Morgan fingerprint density at radius 3 is 1.75 bits per heavy atom. The first-order valence-electron chi connectivity index (χ1n) is 3.89. The SMILES string of the molecule is C=CCc1nccnc1CC=C. The summed E-state index contributed by atoms with van der Waals surface area (Å²) in [5.74, 6) is 0. The molecule has 2 heteroatoms. The quantitative estimate of drug-likeness (QED) is 0.629. The Balaban J connectivity index is 2.90. The zero-order chi connectivity index (χ0) is 8.81. The van der Waals surface area contributed by atoms with Crippen LogP contribution in [0.2, 0.25) is 0 Å². The molecule has 0 radical (unpaired) electrons. The van der Waals surface area contributed by atoms with E-state index in [-0.39, 0.29) is 0 Å². The molecule has 0 saturated heterocycles. The average Bonchev–Trinajstić information content (AvgIpc) is 2.09.